The summed E-state index contributed by atoms with van der Waals surface area (Å²) in [7, 11) is 0. The Morgan fingerprint density at radius 1 is 0.783 bits per heavy atom. The second kappa shape index (κ2) is 14.2. The molecule has 226 valence electrons. The molecule has 0 fully saturated rings. The van der Waals surface area contributed by atoms with E-state index in [0.717, 1.165) is 34.5 Å². The van der Waals surface area contributed by atoms with Gasteiger partial charge in [0, 0.05) is 23.1 Å². The van der Waals surface area contributed by atoms with E-state index in [9.17, 15) is 0 Å². The molecule has 0 heterocycles. The molecule has 46 heavy (non-hydrogen) atoms. The summed E-state index contributed by atoms with van der Waals surface area (Å²) in [5.74, 6) is 0.564. The summed E-state index contributed by atoms with van der Waals surface area (Å²) >= 11 is 0. The fraction of sp³-hybridized carbons (Fsp3) is 0.133. The first-order valence-corrected chi connectivity index (χ1v) is 16.2. The van der Waals surface area contributed by atoms with Crippen LogP contribution in [0, 0.1) is 6.92 Å². The van der Waals surface area contributed by atoms with Crippen LogP contribution >= 0.6 is 0 Å². The molecule has 0 spiro atoms. The molecule has 5 aromatic carbocycles. The molecule has 0 aliphatic heterocycles. The van der Waals surface area contributed by atoms with E-state index in [-0.39, 0.29) is 5.92 Å². The quantitative estimate of drug-likeness (QED) is 0.150. The highest BCUT2D eigenvalue weighted by molar-refractivity contribution is 6.02. The minimum absolute atomic E-state index is 0.208. The van der Waals surface area contributed by atoms with Gasteiger partial charge in [0.05, 0.1) is 5.70 Å². The molecular weight excluding hydrogens is 555 g/mol. The molecule has 0 amide bonds. The van der Waals surface area contributed by atoms with Crippen molar-refractivity contribution in [1.29, 1.82) is 0 Å². The zero-order valence-electron chi connectivity index (χ0n) is 27.0. The Morgan fingerprint density at radius 3 is 2.17 bits per heavy atom. The van der Waals surface area contributed by atoms with Gasteiger partial charge in [-0.05, 0) is 76.4 Å². The fourth-order valence-corrected chi connectivity index (χ4v) is 6.39. The van der Waals surface area contributed by atoms with E-state index < -0.39 is 0 Å². The summed E-state index contributed by atoms with van der Waals surface area (Å²) in [5, 5.41) is 0. The maximum Gasteiger partial charge on any atom is 0.0671 e. The molecule has 2 unspecified atom stereocenters. The van der Waals surface area contributed by atoms with Crippen LogP contribution < -0.4 is 0 Å². The number of aryl methyl sites for hydroxylation is 1. The van der Waals surface area contributed by atoms with Crippen molar-refractivity contribution in [2.24, 2.45) is 4.99 Å². The number of allylic oxidation sites excluding steroid dienone is 5. The van der Waals surface area contributed by atoms with Gasteiger partial charge in [-0.3, -0.25) is 4.99 Å². The van der Waals surface area contributed by atoms with Crippen LogP contribution in [0.5, 0.6) is 0 Å². The Hall–Kier alpha value is -5.27. The van der Waals surface area contributed by atoms with E-state index in [0.29, 0.717) is 5.92 Å². The number of benzene rings is 5. The third-order valence-electron chi connectivity index (χ3n) is 8.93. The Morgan fingerprint density at radius 2 is 1.48 bits per heavy atom. The summed E-state index contributed by atoms with van der Waals surface area (Å²) < 4.78 is 0. The van der Waals surface area contributed by atoms with Gasteiger partial charge >= 0.3 is 0 Å². The van der Waals surface area contributed by atoms with Crippen LogP contribution in [-0.4, -0.2) is 5.71 Å². The maximum absolute atomic E-state index is 5.23. The van der Waals surface area contributed by atoms with Gasteiger partial charge in [-0.2, -0.15) is 0 Å². The van der Waals surface area contributed by atoms with Gasteiger partial charge < -0.3 is 0 Å². The van der Waals surface area contributed by atoms with Crippen molar-refractivity contribution in [2.45, 2.75) is 39.0 Å². The molecule has 0 saturated heterocycles. The molecule has 0 saturated carbocycles. The topological polar surface area (TPSA) is 12.4 Å². The van der Waals surface area contributed by atoms with E-state index >= 15 is 0 Å². The van der Waals surface area contributed by atoms with Gasteiger partial charge in [-0.1, -0.05) is 165 Å². The smallest absolute Gasteiger partial charge is 0.0671 e. The number of hydrogen-bond donors (Lipinski definition) is 0. The predicted molar refractivity (Wildman–Crippen MR) is 199 cm³/mol. The lowest BCUT2D eigenvalue weighted by molar-refractivity contribution is 0.857. The van der Waals surface area contributed by atoms with Crippen molar-refractivity contribution in [1.82, 2.24) is 0 Å². The second-order valence-corrected chi connectivity index (χ2v) is 12.1. The SMILES string of the molecule is C=Cc1cccc(C2=CC(c3ccccc3)CC=C2)c1-c1ccc(/C(=C/C(C)c2ccccc2)N=C(C)c2ccccc2)cc1C. The number of rotatable bonds is 9. The van der Waals surface area contributed by atoms with E-state index in [1.165, 1.54) is 39.0 Å². The molecule has 1 nitrogen and oxygen atoms in total. The largest absolute Gasteiger partial charge is 0.253 e. The van der Waals surface area contributed by atoms with E-state index in [1.807, 2.05) is 12.1 Å². The van der Waals surface area contributed by atoms with Gasteiger partial charge in [0.25, 0.3) is 0 Å². The highest BCUT2D eigenvalue weighted by Gasteiger charge is 2.19. The molecule has 0 N–H and O–H groups in total. The molecule has 2 atom stereocenters. The highest BCUT2D eigenvalue weighted by atomic mass is 14.8. The normalized spacial score (nSPS) is 15.7. The average Bonchev–Trinajstić information content (AvgIpc) is 3.12. The molecular formula is C45H41N. The van der Waals surface area contributed by atoms with Crippen molar-refractivity contribution in [3.05, 3.63) is 197 Å². The van der Waals surface area contributed by atoms with E-state index in [4.69, 9.17) is 4.99 Å². The van der Waals surface area contributed by atoms with Crippen LogP contribution in [-0.2, 0) is 0 Å². The predicted octanol–water partition coefficient (Wildman–Crippen LogP) is 12.1. The molecule has 1 aliphatic carbocycles. The number of nitrogens with zero attached hydrogens (tertiary/aromatic N) is 1. The summed E-state index contributed by atoms with van der Waals surface area (Å²) in [6.07, 6.45) is 12.3. The first-order valence-electron chi connectivity index (χ1n) is 16.2. The molecule has 0 radical (unpaired) electrons. The molecule has 1 heteroatoms. The van der Waals surface area contributed by atoms with Crippen molar-refractivity contribution in [3.8, 4) is 11.1 Å². The summed E-state index contributed by atoms with van der Waals surface area (Å²) in [6.45, 7) is 10.8. The third-order valence-corrected chi connectivity index (χ3v) is 8.93. The minimum atomic E-state index is 0.208. The molecule has 0 bridgehead atoms. The van der Waals surface area contributed by atoms with Crippen molar-refractivity contribution in [2.75, 3.05) is 0 Å². The third kappa shape index (κ3) is 6.85. The van der Waals surface area contributed by atoms with Gasteiger partial charge in [0.15, 0.2) is 0 Å². The summed E-state index contributed by atoms with van der Waals surface area (Å²) in [5.41, 5.74) is 14.1. The van der Waals surface area contributed by atoms with Crippen LogP contribution in [0.25, 0.3) is 28.5 Å². The summed E-state index contributed by atoms with van der Waals surface area (Å²) in [4.78, 5) is 5.23. The van der Waals surface area contributed by atoms with Crippen molar-refractivity contribution in [3.63, 3.8) is 0 Å². The average molecular weight is 596 g/mol. The Kier molecular flexibility index (Phi) is 9.51. The molecule has 0 aromatic heterocycles. The van der Waals surface area contributed by atoms with Gasteiger partial charge in [-0.15, -0.1) is 0 Å². The highest BCUT2D eigenvalue weighted by Crippen LogP contribution is 2.40. The molecule has 1 aliphatic rings. The van der Waals surface area contributed by atoms with Crippen molar-refractivity contribution >= 4 is 23.1 Å². The fourth-order valence-electron chi connectivity index (χ4n) is 6.39. The first-order chi connectivity index (χ1) is 22.5. The van der Waals surface area contributed by atoms with Gasteiger partial charge in [0.1, 0.15) is 0 Å². The lowest BCUT2D eigenvalue weighted by Gasteiger charge is -2.21. The molecule has 5 aromatic rings. The number of aliphatic imine (C=N–C) groups is 1. The van der Waals surface area contributed by atoms with Gasteiger partial charge in [-0.25, -0.2) is 0 Å². The Bertz CT molecular complexity index is 1940. The Labute approximate surface area is 274 Å². The lowest BCUT2D eigenvalue weighted by atomic mass is 9.83. The van der Waals surface area contributed by atoms with E-state index in [2.05, 4.69) is 173 Å². The second-order valence-electron chi connectivity index (χ2n) is 12.1. The maximum atomic E-state index is 5.23. The first kappa shape index (κ1) is 30.7. The van der Waals surface area contributed by atoms with Crippen LogP contribution in [0.15, 0.2) is 163 Å². The van der Waals surface area contributed by atoms with Crippen LogP contribution in [0.4, 0.5) is 0 Å². The summed E-state index contributed by atoms with van der Waals surface area (Å²) in [6, 6.07) is 45.2. The monoisotopic (exact) mass is 595 g/mol. The molecule has 6 rings (SSSR count). The van der Waals surface area contributed by atoms with E-state index in [1.54, 1.807) is 0 Å². The zero-order chi connectivity index (χ0) is 31.9. The minimum Gasteiger partial charge on any atom is -0.253 e. The van der Waals surface area contributed by atoms with Gasteiger partial charge in [0.2, 0.25) is 0 Å². The number of hydrogen-bond acceptors (Lipinski definition) is 1. The van der Waals surface area contributed by atoms with Crippen molar-refractivity contribution < 1.29 is 0 Å². The van der Waals surface area contributed by atoms with Crippen LogP contribution in [0.1, 0.15) is 71.0 Å². The van der Waals surface area contributed by atoms with Crippen LogP contribution in [0.2, 0.25) is 0 Å². The Balaban J connectivity index is 1.44. The van der Waals surface area contributed by atoms with Crippen LogP contribution in [0.3, 0.4) is 0 Å². The lowest BCUT2D eigenvalue weighted by Crippen LogP contribution is -2.01. The zero-order valence-corrected chi connectivity index (χ0v) is 27.0. The standard InChI is InChI=1S/C45H41N/c1-5-35-23-16-26-43(40-25-15-24-39(31-40)38-21-13-8-14-22-38)45(35)42-28-27-41(29-33(42)3)44(30-32(2)36-17-9-6-10-18-36)46-34(4)37-19-11-7-12-20-37/h5-23,25-32,39H,1,24H2,2-4H3/b44-30-,46-34?.